The lowest BCUT2D eigenvalue weighted by atomic mass is 9.97. The van der Waals surface area contributed by atoms with Crippen molar-refractivity contribution in [2.45, 2.75) is 76.9 Å². The van der Waals surface area contributed by atoms with Crippen LogP contribution in [0.15, 0.2) is 0 Å². The first kappa shape index (κ1) is 11.6. The fraction of sp³-hybridized carbons (Fsp3) is 0.875. The van der Waals surface area contributed by atoms with Crippen LogP contribution in [0.2, 0.25) is 0 Å². The van der Waals surface area contributed by atoms with Gasteiger partial charge in [-0.25, -0.2) is 0 Å². The van der Waals surface area contributed by atoms with Gasteiger partial charge in [0.1, 0.15) is 0 Å². The van der Waals surface area contributed by atoms with Gasteiger partial charge in [-0.1, -0.05) is 6.42 Å². The largest absolute Gasteiger partial charge is 0.294 e. The van der Waals surface area contributed by atoms with E-state index in [9.17, 15) is 0 Å². The Labute approximate surface area is 106 Å². The normalized spacial score (nSPS) is 46.1. The molecule has 0 amide bonds. The van der Waals surface area contributed by atoms with Crippen molar-refractivity contribution in [3.8, 4) is 11.8 Å². The van der Waals surface area contributed by atoms with Crippen molar-refractivity contribution in [3.05, 3.63) is 0 Å². The SMILES string of the molecule is CC1CCCC(C)N1C1C2CCC#CCCC21. The van der Waals surface area contributed by atoms with E-state index in [1.807, 2.05) is 0 Å². The van der Waals surface area contributed by atoms with Gasteiger partial charge in [0.25, 0.3) is 0 Å². The predicted octanol–water partition coefficient (Wildman–Crippen LogP) is 3.44. The quantitative estimate of drug-likeness (QED) is 0.625. The number of likely N-dealkylation sites (tertiary alicyclic amines) is 1. The van der Waals surface area contributed by atoms with E-state index >= 15 is 0 Å². The molecule has 1 aliphatic heterocycles. The number of rotatable bonds is 1. The van der Waals surface area contributed by atoms with Crippen LogP contribution in [-0.2, 0) is 0 Å². The molecule has 0 N–H and O–H groups in total. The number of piperidine rings is 1. The van der Waals surface area contributed by atoms with Crippen LogP contribution in [0.3, 0.4) is 0 Å². The van der Waals surface area contributed by atoms with E-state index in [4.69, 9.17) is 0 Å². The number of nitrogens with zero attached hydrogens (tertiary/aromatic N) is 1. The Balaban J connectivity index is 1.69. The molecule has 2 aliphatic carbocycles. The molecular formula is C16H25N. The maximum absolute atomic E-state index is 3.32. The Morgan fingerprint density at radius 3 is 1.88 bits per heavy atom. The van der Waals surface area contributed by atoms with Crippen LogP contribution in [0.4, 0.5) is 0 Å². The summed E-state index contributed by atoms with van der Waals surface area (Å²) in [6, 6.07) is 2.54. The van der Waals surface area contributed by atoms with Crippen LogP contribution in [0.5, 0.6) is 0 Å². The summed E-state index contributed by atoms with van der Waals surface area (Å²) in [4.78, 5) is 2.87. The minimum Gasteiger partial charge on any atom is -0.294 e. The summed E-state index contributed by atoms with van der Waals surface area (Å²) in [5.74, 6) is 8.60. The van der Waals surface area contributed by atoms with Crippen LogP contribution in [0.1, 0.15) is 58.8 Å². The van der Waals surface area contributed by atoms with E-state index in [0.717, 1.165) is 42.8 Å². The van der Waals surface area contributed by atoms with E-state index in [1.54, 1.807) is 0 Å². The molecule has 4 atom stereocenters. The molecule has 1 saturated carbocycles. The first-order valence-electron chi connectivity index (χ1n) is 7.52. The van der Waals surface area contributed by atoms with E-state index < -0.39 is 0 Å². The van der Waals surface area contributed by atoms with Crippen LogP contribution in [0.25, 0.3) is 0 Å². The van der Waals surface area contributed by atoms with Crippen molar-refractivity contribution in [1.29, 1.82) is 0 Å². The van der Waals surface area contributed by atoms with Crippen molar-refractivity contribution in [3.63, 3.8) is 0 Å². The highest BCUT2D eigenvalue weighted by atomic mass is 15.3. The molecule has 1 nitrogen and oxygen atoms in total. The number of hydrogen-bond acceptors (Lipinski definition) is 1. The van der Waals surface area contributed by atoms with Crippen LogP contribution in [0, 0.1) is 23.7 Å². The monoisotopic (exact) mass is 231 g/mol. The third-order valence-electron chi connectivity index (χ3n) is 5.22. The molecule has 3 aliphatic rings. The van der Waals surface area contributed by atoms with Crippen molar-refractivity contribution in [1.82, 2.24) is 4.90 Å². The van der Waals surface area contributed by atoms with Crippen molar-refractivity contribution >= 4 is 0 Å². The molecule has 1 heterocycles. The van der Waals surface area contributed by atoms with Gasteiger partial charge in [0.15, 0.2) is 0 Å². The molecule has 94 valence electrons. The number of fused-ring (bicyclic) bond motifs is 1. The third kappa shape index (κ3) is 2.13. The zero-order valence-electron chi connectivity index (χ0n) is 11.3. The summed E-state index contributed by atoms with van der Waals surface area (Å²) in [5, 5.41) is 0. The van der Waals surface area contributed by atoms with Crippen molar-refractivity contribution in [2.75, 3.05) is 0 Å². The molecular weight excluding hydrogens is 206 g/mol. The Hall–Kier alpha value is -0.480. The van der Waals surface area contributed by atoms with Crippen LogP contribution >= 0.6 is 0 Å². The summed E-state index contributed by atoms with van der Waals surface area (Å²) in [7, 11) is 0. The van der Waals surface area contributed by atoms with Crippen LogP contribution in [-0.4, -0.2) is 23.0 Å². The molecule has 0 spiro atoms. The summed E-state index contributed by atoms with van der Waals surface area (Å²) < 4.78 is 0. The standard InChI is InChI=1S/C16H25N/c1-12-8-7-9-13(2)17(12)16-14-10-5-3-4-6-11-15(14)16/h12-16H,5-11H2,1-2H3. The summed E-state index contributed by atoms with van der Waals surface area (Å²) in [5.41, 5.74) is 0. The first-order valence-corrected chi connectivity index (χ1v) is 7.52. The maximum atomic E-state index is 3.32. The molecule has 1 heteroatoms. The maximum Gasteiger partial charge on any atom is 0.0164 e. The predicted molar refractivity (Wildman–Crippen MR) is 71.6 cm³/mol. The molecule has 17 heavy (non-hydrogen) atoms. The fourth-order valence-electron chi connectivity index (χ4n) is 4.32. The first-order chi connectivity index (χ1) is 8.29. The van der Waals surface area contributed by atoms with E-state index in [1.165, 1.54) is 32.1 Å². The molecule has 0 bridgehead atoms. The highest BCUT2D eigenvalue weighted by Gasteiger charge is 2.54. The minimum absolute atomic E-state index is 0.818. The van der Waals surface area contributed by atoms with Crippen LogP contribution < -0.4 is 0 Å². The lowest BCUT2D eigenvalue weighted by Crippen LogP contribution is -2.46. The molecule has 4 unspecified atom stereocenters. The Morgan fingerprint density at radius 1 is 0.824 bits per heavy atom. The van der Waals surface area contributed by atoms with Gasteiger partial charge in [0.2, 0.25) is 0 Å². The average molecular weight is 231 g/mol. The highest BCUT2D eigenvalue weighted by molar-refractivity contribution is 5.12. The van der Waals surface area contributed by atoms with Gasteiger partial charge in [0, 0.05) is 31.0 Å². The third-order valence-corrected chi connectivity index (χ3v) is 5.22. The zero-order chi connectivity index (χ0) is 11.8. The van der Waals surface area contributed by atoms with Gasteiger partial charge in [-0.3, -0.25) is 4.90 Å². The number of hydrogen-bond donors (Lipinski definition) is 0. The van der Waals surface area contributed by atoms with E-state index in [-0.39, 0.29) is 0 Å². The highest BCUT2D eigenvalue weighted by Crippen LogP contribution is 2.52. The average Bonchev–Trinajstić information content (AvgIpc) is 2.89. The van der Waals surface area contributed by atoms with E-state index in [2.05, 4.69) is 30.6 Å². The summed E-state index contributed by atoms with van der Waals surface area (Å²) in [6.07, 6.45) is 9.27. The molecule has 1 saturated heterocycles. The second-order valence-corrected chi connectivity index (χ2v) is 6.33. The topological polar surface area (TPSA) is 3.24 Å². The molecule has 0 aromatic rings. The Bertz CT molecular complexity index is 309. The molecule has 3 rings (SSSR count). The lowest BCUT2D eigenvalue weighted by molar-refractivity contribution is 0.0833. The Kier molecular flexibility index (Phi) is 3.17. The molecule has 0 aromatic heterocycles. The lowest BCUT2D eigenvalue weighted by Gasteiger charge is -2.40. The molecule has 2 fully saturated rings. The zero-order valence-corrected chi connectivity index (χ0v) is 11.3. The molecule has 0 aromatic carbocycles. The second-order valence-electron chi connectivity index (χ2n) is 6.33. The summed E-state index contributed by atoms with van der Waals surface area (Å²) >= 11 is 0. The van der Waals surface area contributed by atoms with E-state index in [0.29, 0.717) is 0 Å². The van der Waals surface area contributed by atoms with Crippen molar-refractivity contribution in [2.24, 2.45) is 11.8 Å². The summed E-state index contributed by atoms with van der Waals surface area (Å²) in [6.45, 7) is 4.89. The smallest absolute Gasteiger partial charge is 0.0164 e. The fourth-order valence-corrected chi connectivity index (χ4v) is 4.32. The van der Waals surface area contributed by atoms with Gasteiger partial charge in [-0.2, -0.15) is 0 Å². The van der Waals surface area contributed by atoms with Gasteiger partial charge in [-0.15, -0.1) is 11.8 Å². The van der Waals surface area contributed by atoms with Gasteiger partial charge in [-0.05, 0) is 51.4 Å². The Morgan fingerprint density at radius 2 is 1.35 bits per heavy atom. The van der Waals surface area contributed by atoms with Gasteiger partial charge >= 0.3 is 0 Å². The minimum atomic E-state index is 0.818. The van der Waals surface area contributed by atoms with Crippen molar-refractivity contribution < 1.29 is 0 Å². The van der Waals surface area contributed by atoms with Gasteiger partial charge < -0.3 is 0 Å². The second kappa shape index (κ2) is 4.65. The van der Waals surface area contributed by atoms with Gasteiger partial charge in [0.05, 0.1) is 0 Å². The molecule has 0 radical (unpaired) electrons.